The summed E-state index contributed by atoms with van der Waals surface area (Å²) in [4.78, 5) is 20.1. The minimum Gasteiger partial charge on any atom is -0.439 e. The van der Waals surface area contributed by atoms with Gasteiger partial charge in [0.05, 0.1) is 0 Å². The summed E-state index contributed by atoms with van der Waals surface area (Å²) in [5, 5.41) is 5.74. The van der Waals surface area contributed by atoms with E-state index in [1.807, 2.05) is 18.2 Å². The Morgan fingerprint density at radius 2 is 1.96 bits per heavy atom. The highest BCUT2D eigenvalue weighted by atomic mass is 19.1. The molecule has 0 saturated carbocycles. The lowest BCUT2D eigenvalue weighted by Gasteiger charge is -2.08. The van der Waals surface area contributed by atoms with Crippen molar-refractivity contribution >= 4 is 11.9 Å². The van der Waals surface area contributed by atoms with Crippen molar-refractivity contribution in [3.63, 3.8) is 0 Å². The molecule has 2 N–H and O–H groups in total. The zero-order valence-corrected chi connectivity index (χ0v) is 14.8. The lowest BCUT2D eigenvalue weighted by molar-refractivity contribution is 0.0963. The van der Waals surface area contributed by atoms with Gasteiger partial charge in [0.1, 0.15) is 11.6 Å². The third-order valence-corrected chi connectivity index (χ3v) is 3.78. The number of halogens is 1. The van der Waals surface area contributed by atoms with Crippen LogP contribution in [0.5, 0.6) is 11.6 Å². The summed E-state index contributed by atoms with van der Waals surface area (Å²) in [7, 11) is 1.61. The maximum atomic E-state index is 12.9. The number of rotatable bonds is 7. The van der Waals surface area contributed by atoms with E-state index >= 15 is 0 Å². The highest BCUT2D eigenvalue weighted by molar-refractivity contribution is 5.94. The average Bonchev–Trinajstić information content (AvgIpc) is 2.70. The number of nitrogens with one attached hydrogen (secondary N) is 2. The first kappa shape index (κ1) is 18.3. The van der Waals surface area contributed by atoms with Gasteiger partial charge in [0.2, 0.25) is 11.8 Å². The Hall–Kier alpha value is -3.48. The molecule has 3 aromatic rings. The van der Waals surface area contributed by atoms with Crippen molar-refractivity contribution in [1.29, 1.82) is 0 Å². The third-order valence-electron chi connectivity index (χ3n) is 3.78. The minimum atomic E-state index is -0.326. The summed E-state index contributed by atoms with van der Waals surface area (Å²) >= 11 is 0. The van der Waals surface area contributed by atoms with E-state index in [-0.39, 0.29) is 11.7 Å². The van der Waals surface area contributed by atoms with Crippen molar-refractivity contribution in [2.45, 2.75) is 6.42 Å². The monoisotopic (exact) mass is 366 g/mol. The molecule has 0 spiro atoms. The Kier molecular flexibility index (Phi) is 5.94. The maximum absolute atomic E-state index is 12.9. The van der Waals surface area contributed by atoms with Gasteiger partial charge in [-0.15, -0.1) is 0 Å². The minimum absolute atomic E-state index is 0.112. The summed E-state index contributed by atoms with van der Waals surface area (Å²) in [6.45, 7) is 0.594. The van der Waals surface area contributed by atoms with Crippen molar-refractivity contribution in [1.82, 2.24) is 15.3 Å². The van der Waals surface area contributed by atoms with E-state index in [0.29, 0.717) is 36.1 Å². The molecular formula is C20H19FN4O2. The first-order valence-electron chi connectivity index (χ1n) is 8.45. The summed E-state index contributed by atoms with van der Waals surface area (Å²) in [5.74, 6) is 0.844. The van der Waals surface area contributed by atoms with Crippen molar-refractivity contribution in [2.75, 3.05) is 18.9 Å². The molecule has 27 heavy (non-hydrogen) atoms. The van der Waals surface area contributed by atoms with Crippen LogP contribution >= 0.6 is 0 Å². The molecule has 3 rings (SSSR count). The van der Waals surface area contributed by atoms with Crippen molar-refractivity contribution in [3.05, 3.63) is 77.7 Å². The Balaban J connectivity index is 1.57. The van der Waals surface area contributed by atoms with Gasteiger partial charge in [-0.3, -0.25) is 4.79 Å². The number of carbonyl (C=O) groups is 1. The predicted molar refractivity (Wildman–Crippen MR) is 101 cm³/mol. The predicted octanol–water partition coefficient (Wildman–Crippen LogP) is 3.42. The third kappa shape index (κ3) is 5.24. The Bertz CT molecular complexity index is 916. The number of hydrogen-bond donors (Lipinski definition) is 2. The molecule has 0 radical (unpaired) electrons. The average molecular weight is 366 g/mol. The molecule has 1 aromatic heterocycles. The molecule has 0 bridgehead atoms. The lowest BCUT2D eigenvalue weighted by Crippen LogP contribution is -2.18. The van der Waals surface area contributed by atoms with E-state index in [0.717, 1.165) is 5.56 Å². The van der Waals surface area contributed by atoms with Gasteiger partial charge in [-0.05, 0) is 48.4 Å². The Morgan fingerprint density at radius 1 is 1.15 bits per heavy atom. The standard InChI is InChI=1S/C20H19FN4O2/c1-22-19(26)15-4-2-3-14(13-15)9-11-23-20-24-12-10-18(25-20)27-17-7-5-16(21)6-8-17/h2-8,10,12-13H,9,11H2,1H3,(H,22,26)(H,23,24,25). The van der Waals surface area contributed by atoms with Crippen LogP contribution in [-0.4, -0.2) is 29.5 Å². The van der Waals surface area contributed by atoms with Crippen LogP contribution in [0.1, 0.15) is 15.9 Å². The largest absolute Gasteiger partial charge is 0.439 e. The van der Waals surface area contributed by atoms with E-state index in [4.69, 9.17) is 4.74 Å². The molecule has 1 amide bonds. The van der Waals surface area contributed by atoms with Crippen LogP contribution in [0.2, 0.25) is 0 Å². The normalized spacial score (nSPS) is 10.3. The number of hydrogen-bond acceptors (Lipinski definition) is 5. The van der Waals surface area contributed by atoms with Crippen molar-refractivity contribution in [3.8, 4) is 11.6 Å². The smallest absolute Gasteiger partial charge is 0.251 e. The highest BCUT2D eigenvalue weighted by Gasteiger charge is 2.05. The van der Waals surface area contributed by atoms with Gasteiger partial charge in [-0.2, -0.15) is 4.98 Å². The van der Waals surface area contributed by atoms with Gasteiger partial charge in [-0.25, -0.2) is 9.37 Å². The number of benzene rings is 2. The van der Waals surface area contributed by atoms with Crippen LogP contribution in [0, 0.1) is 5.82 Å². The molecule has 138 valence electrons. The summed E-state index contributed by atoms with van der Waals surface area (Å²) in [6, 6.07) is 14.8. The second kappa shape index (κ2) is 8.75. The molecule has 0 fully saturated rings. The molecule has 0 aliphatic carbocycles. The molecule has 1 heterocycles. The highest BCUT2D eigenvalue weighted by Crippen LogP contribution is 2.20. The van der Waals surface area contributed by atoms with Crippen LogP contribution in [-0.2, 0) is 6.42 Å². The van der Waals surface area contributed by atoms with E-state index in [9.17, 15) is 9.18 Å². The molecule has 2 aromatic carbocycles. The molecular weight excluding hydrogens is 347 g/mol. The van der Waals surface area contributed by atoms with E-state index in [2.05, 4.69) is 20.6 Å². The van der Waals surface area contributed by atoms with Gasteiger partial charge in [-0.1, -0.05) is 12.1 Å². The maximum Gasteiger partial charge on any atom is 0.251 e. The van der Waals surface area contributed by atoms with Crippen LogP contribution in [0.15, 0.2) is 60.8 Å². The van der Waals surface area contributed by atoms with E-state index < -0.39 is 0 Å². The molecule has 0 saturated heterocycles. The van der Waals surface area contributed by atoms with E-state index in [1.54, 1.807) is 25.4 Å². The fourth-order valence-corrected chi connectivity index (χ4v) is 2.44. The Morgan fingerprint density at radius 3 is 2.74 bits per heavy atom. The van der Waals surface area contributed by atoms with Gasteiger partial charge in [0.25, 0.3) is 5.91 Å². The van der Waals surface area contributed by atoms with Gasteiger partial charge in [0.15, 0.2) is 0 Å². The van der Waals surface area contributed by atoms with Crippen LogP contribution in [0.25, 0.3) is 0 Å². The van der Waals surface area contributed by atoms with E-state index in [1.165, 1.54) is 24.3 Å². The molecule has 7 heteroatoms. The van der Waals surface area contributed by atoms with Crippen molar-refractivity contribution in [2.24, 2.45) is 0 Å². The Labute approximate surface area is 156 Å². The summed E-state index contributed by atoms with van der Waals surface area (Å²) in [6.07, 6.45) is 2.29. The first-order chi connectivity index (χ1) is 13.1. The number of ether oxygens (including phenoxy) is 1. The van der Waals surface area contributed by atoms with Gasteiger partial charge in [0, 0.05) is 31.4 Å². The second-order valence-corrected chi connectivity index (χ2v) is 5.73. The van der Waals surface area contributed by atoms with Gasteiger partial charge < -0.3 is 15.4 Å². The fraction of sp³-hybridized carbons (Fsp3) is 0.150. The summed E-state index contributed by atoms with van der Waals surface area (Å²) in [5.41, 5.74) is 1.66. The topological polar surface area (TPSA) is 76.1 Å². The molecule has 0 atom stereocenters. The lowest BCUT2D eigenvalue weighted by atomic mass is 10.1. The van der Waals surface area contributed by atoms with Gasteiger partial charge >= 0.3 is 0 Å². The van der Waals surface area contributed by atoms with Crippen LogP contribution in [0.4, 0.5) is 10.3 Å². The molecule has 0 unspecified atom stereocenters. The first-order valence-corrected chi connectivity index (χ1v) is 8.45. The SMILES string of the molecule is CNC(=O)c1cccc(CCNc2nccc(Oc3ccc(F)cc3)n2)c1. The number of amides is 1. The zero-order chi connectivity index (χ0) is 19.1. The van der Waals surface area contributed by atoms with Crippen LogP contribution < -0.4 is 15.4 Å². The number of carbonyl (C=O) groups excluding carboxylic acids is 1. The number of nitrogens with zero attached hydrogens (tertiary/aromatic N) is 2. The molecule has 0 aliphatic heterocycles. The summed E-state index contributed by atoms with van der Waals surface area (Å²) < 4.78 is 18.5. The van der Waals surface area contributed by atoms with Crippen molar-refractivity contribution < 1.29 is 13.9 Å². The number of anilines is 1. The zero-order valence-electron chi connectivity index (χ0n) is 14.8. The molecule has 6 nitrogen and oxygen atoms in total. The second-order valence-electron chi connectivity index (χ2n) is 5.73. The van der Waals surface area contributed by atoms with Crippen LogP contribution in [0.3, 0.4) is 0 Å². The fourth-order valence-electron chi connectivity index (χ4n) is 2.44. The number of aromatic nitrogens is 2. The quantitative estimate of drug-likeness (QED) is 0.670. The molecule has 0 aliphatic rings.